The maximum atomic E-state index is 4.18. The molecule has 4 radical (unpaired) electrons. The third-order valence-electron chi connectivity index (χ3n) is 3.76. The molecule has 0 aromatic carbocycles. The fourth-order valence-corrected chi connectivity index (χ4v) is 2.38. The van der Waals surface area contributed by atoms with E-state index in [9.17, 15) is 0 Å². The van der Waals surface area contributed by atoms with Crippen LogP contribution in [0.15, 0.2) is 97.6 Å². The zero-order valence-corrected chi connectivity index (χ0v) is 18.4. The first kappa shape index (κ1) is 25.3. The number of aromatic nitrogens is 4. The fourth-order valence-electron chi connectivity index (χ4n) is 2.38. The molecule has 0 N–H and O–H groups in total. The summed E-state index contributed by atoms with van der Waals surface area (Å²) in [6.45, 7) is 7.09. The first-order chi connectivity index (χ1) is 15.3. The SMILES string of the molecule is [CH2-]N([CH]c1ccccn1)[CH]c1ccccn1.[CH]([N-][CH]c1ccccn1)c1ccccn1.[Fe+2]. The Morgan fingerprint density at radius 1 is 0.562 bits per heavy atom. The molecule has 0 saturated carbocycles. The minimum atomic E-state index is 0. The van der Waals surface area contributed by atoms with Crippen molar-refractivity contribution in [3.63, 3.8) is 0 Å². The summed E-state index contributed by atoms with van der Waals surface area (Å²) in [5.74, 6) is 0. The molecule has 4 aromatic rings. The monoisotopic (exact) mass is 462 g/mol. The van der Waals surface area contributed by atoms with Gasteiger partial charge < -0.3 is 10.2 Å². The normalized spacial score (nSPS) is 10.1. The van der Waals surface area contributed by atoms with Crippen molar-refractivity contribution < 1.29 is 17.1 Å². The topological polar surface area (TPSA) is 68.9 Å². The van der Waals surface area contributed by atoms with Crippen LogP contribution >= 0.6 is 0 Å². The van der Waals surface area contributed by atoms with E-state index in [0.29, 0.717) is 0 Å². The molecule has 32 heavy (non-hydrogen) atoms. The molecule has 4 aromatic heterocycles. The number of rotatable bonds is 8. The van der Waals surface area contributed by atoms with Crippen LogP contribution in [-0.4, -0.2) is 24.8 Å². The molecule has 0 atom stereocenters. The second-order valence-corrected chi connectivity index (χ2v) is 6.20. The Hall–Kier alpha value is -2.96. The average molecular weight is 462 g/mol. The van der Waals surface area contributed by atoms with E-state index in [2.05, 4.69) is 32.3 Å². The second-order valence-electron chi connectivity index (χ2n) is 6.20. The van der Waals surface area contributed by atoms with Crippen molar-refractivity contribution in [2.45, 2.75) is 0 Å². The minimum absolute atomic E-state index is 0. The fraction of sp³-hybridized carbons (Fsp3) is 0. The summed E-state index contributed by atoms with van der Waals surface area (Å²) in [5.41, 5.74) is 3.41. The number of hydrogen-bond acceptors (Lipinski definition) is 5. The minimum Gasteiger partial charge on any atom is -0.648 e. The molecule has 0 amide bonds. The maximum absolute atomic E-state index is 4.18. The Labute approximate surface area is 200 Å². The third kappa shape index (κ3) is 9.90. The molecule has 4 rings (SSSR count). The molecule has 0 unspecified atom stereocenters. The largest absolute Gasteiger partial charge is 2.00 e. The summed E-state index contributed by atoms with van der Waals surface area (Å²) >= 11 is 0. The molecule has 0 aliphatic carbocycles. The molecule has 7 heteroatoms. The smallest absolute Gasteiger partial charge is 0.648 e. The molecule has 160 valence electrons. The van der Waals surface area contributed by atoms with E-state index in [-0.39, 0.29) is 17.1 Å². The van der Waals surface area contributed by atoms with Crippen molar-refractivity contribution in [2.75, 3.05) is 0 Å². The van der Waals surface area contributed by atoms with Crippen LogP contribution in [0.2, 0.25) is 0 Å². The molecule has 0 bridgehead atoms. The first-order valence-corrected chi connectivity index (χ1v) is 9.59. The van der Waals surface area contributed by atoms with E-state index in [1.807, 2.05) is 85.9 Å². The Bertz CT molecular complexity index is 891. The number of nitrogens with zero attached hydrogens (tertiary/aromatic N) is 6. The van der Waals surface area contributed by atoms with E-state index in [1.54, 1.807) is 42.8 Å². The van der Waals surface area contributed by atoms with Gasteiger partial charge in [0.25, 0.3) is 0 Å². The molecule has 0 aliphatic heterocycles. The van der Waals surface area contributed by atoms with Crippen LogP contribution in [0.1, 0.15) is 22.8 Å². The number of pyridine rings is 4. The molecule has 0 fully saturated rings. The van der Waals surface area contributed by atoms with Crippen LogP contribution in [-0.2, 0) is 17.1 Å². The Morgan fingerprint density at radius 3 is 1.22 bits per heavy atom. The zero-order chi connectivity index (χ0) is 21.6. The van der Waals surface area contributed by atoms with Crippen LogP contribution in [0.25, 0.3) is 5.32 Å². The van der Waals surface area contributed by atoms with Gasteiger partial charge in [-0.3, -0.25) is 27.0 Å². The Kier molecular flexibility index (Phi) is 11.8. The van der Waals surface area contributed by atoms with E-state index in [4.69, 9.17) is 0 Å². The van der Waals surface area contributed by atoms with Gasteiger partial charge in [-0.25, -0.2) is 0 Å². The van der Waals surface area contributed by atoms with Crippen LogP contribution in [0.3, 0.4) is 0 Å². The second kappa shape index (κ2) is 14.9. The summed E-state index contributed by atoms with van der Waals surface area (Å²) in [6.07, 6.45) is 6.98. The van der Waals surface area contributed by atoms with Gasteiger partial charge in [0.2, 0.25) is 0 Å². The molecular weight excluding hydrogens is 440 g/mol. The molecule has 0 spiro atoms. The van der Waals surface area contributed by atoms with Crippen molar-refractivity contribution in [3.05, 3.63) is 159 Å². The van der Waals surface area contributed by atoms with Crippen molar-refractivity contribution in [1.29, 1.82) is 0 Å². The van der Waals surface area contributed by atoms with Crippen molar-refractivity contribution in [1.82, 2.24) is 24.8 Å². The van der Waals surface area contributed by atoms with Gasteiger partial charge in [-0.05, 0) is 48.5 Å². The van der Waals surface area contributed by atoms with Crippen LogP contribution in [0.5, 0.6) is 0 Å². The average Bonchev–Trinajstić information content (AvgIpc) is 2.82. The zero-order valence-electron chi connectivity index (χ0n) is 17.3. The van der Waals surface area contributed by atoms with Crippen LogP contribution < -0.4 is 0 Å². The Balaban J connectivity index is 0.000000220. The van der Waals surface area contributed by atoms with Crippen molar-refractivity contribution in [2.24, 2.45) is 0 Å². The molecular formula is C25H22FeN6. The van der Waals surface area contributed by atoms with Crippen LogP contribution in [0, 0.1) is 33.2 Å². The van der Waals surface area contributed by atoms with Gasteiger partial charge in [0.05, 0.1) is 11.4 Å². The first-order valence-electron chi connectivity index (χ1n) is 9.59. The molecule has 0 saturated heterocycles. The van der Waals surface area contributed by atoms with E-state index < -0.39 is 0 Å². The predicted octanol–water partition coefficient (Wildman–Crippen LogP) is 4.86. The van der Waals surface area contributed by atoms with Gasteiger partial charge in [-0.2, -0.15) is 0 Å². The van der Waals surface area contributed by atoms with Gasteiger partial charge >= 0.3 is 17.1 Å². The van der Waals surface area contributed by atoms with E-state index in [0.717, 1.165) is 22.8 Å². The van der Waals surface area contributed by atoms with E-state index in [1.165, 1.54) is 0 Å². The van der Waals surface area contributed by atoms with E-state index >= 15 is 0 Å². The van der Waals surface area contributed by atoms with Gasteiger partial charge in [0.15, 0.2) is 0 Å². The molecule has 6 nitrogen and oxygen atoms in total. The third-order valence-corrected chi connectivity index (χ3v) is 3.76. The van der Waals surface area contributed by atoms with Gasteiger partial charge in [0.1, 0.15) is 0 Å². The summed E-state index contributed by atoms with van der Waals surface area (Å²) in [7, 11) is 3.87. The van der Waals surface area contributed by atoms with Crippen LogP contribution in [0.4, 0.5) is 0 Å². The molecule has 0 aliphatic rings. The summed E-state index contributed by atoms with van der Waals surface area (Å²) in [5, 5.41) is 4.14. The van der Waals surface area contributed by atoms with Gasteiger partial charge in [-0.15, -0.1) is 13.1 Å². The Morgan fingerprint density at radius 2 is 0.906 bits per heavy atom. The number of hydrogen-bond donors (Lipinski definition) is 0. The molecule has 4 heterocycles. The van der Waals surface area contributed by atoms with Gasteiger partial charge in [0, 0.05) is 49.3 Å². The summed E-state index contributed by atoms with van der Waals surface area (Å²) in [4.78, 5) is 18.3. The maximum Gasteiger partial charge on any atom is 2.00 e. The summed E-state index contributed by atoms with van der Waals surface area (Å²) in [6, 6.07) is 22.9. The van der Waals surface area contributed by atoms with Crippen molar-refractivity contribution >= 4 is 0 Å². The standard InChI is InChI=1S/C13H12N3.C12H10N3.Fe/c1-16(10-12-6-2-4-8-14-12)11-13-7-3-5-9-15-13;1-3-7-14-11(5-1)9-13-10-12-6-2-4-8-15-12;/h2-11H,1H2;1-10H;/q2*-1;+2. The predicted molar refractivity (Wildman–Crippen MR) is 121 cm³/mol. The quantitative estimate of drug-likeness (QED) is 0.276. The van der Waals surface area contributed by atoms with Crippen molar-refractivity contribution in [3.8, 4) is 0 Å². The van der Waals surface area contributed by atoms with Gasteiger partial charge in [-0.1, -0.05) is 24.3 Å². The summed E-state index contributed by atoms with van der Waals surface area (Å²) < 4.78 is 0.